The van der Waals surface area contributed by atoms with Crippen LogP contribution in [0.3, 0.4) is 0 Å². The zero-order valence-electron chi connectivity index (χ0n) is 22.5. The zero-order chi connectivity index (χ0) is 27.1. The molecule has 3 unspecified atom stereocenters. The Morgan fingerprint density at radius 1 is 1.28 bits per heavy atom. The van der Waals surface area contributed by atoms with E-state index in [0.29, 0.717) is 6.42 Å². The number of hydrogen-bond acceptors (Lipinski definition) is 3. The molecule has 202 valence electrons. The van der Waals surface area contributed by atoms with Gasteiger partial charge in [-0.1, -0.05) is 62.8 Å². The van der Waals surface area contributed by atoms with Crippen molar-refractivity contribution in [2.24, 2.45) is 11.3 Å². The van der Waals surface area contributed by atoms with E-state index in [1.54, 1.807) is 0 Å². The van der Waals surface area contributed by atoms with E-state index in [0.717, 1.165) is 75.5 Å². The van der Waals surface area contributed by atoms with Crippen LogP contribution >= 0.6 is 0 Å². The molecule has 2 rings (SSSR count). The summed E-state index contributed by atoms with van der Waals surface area (Å²) in [7, 11) is 0. The van der Waals surface area contributed by atoms with E-state index in [-0.39, 0.29) is 23.4 Å². The van der Waals surface area contributed by atoms with Gasteiger partial charge in [0.15, 0.2) is 5.60 Å². The Labute approximate surface area is 214 Å². The van der Waals surface area contributed by atoms with Gasteiger partial charge >= 0.3 is 12.1 Å². The number of esters is 1. The lowest BCUT2D eigenvalue weighted by Gasteiger charge is -2.40. The van der Waals surface area contributed by atoms with Crippen LogP contribution < -0.4 is 0 Å². The van der Waals surface area contributed by atoms with Gasteiger partial charge in [0.05, 0.1) is 0 Å². The molecule has 3 nitrogen and oxygen atoms in total. The Bertz CT molecular complexity index is 920. The van der Waals surface area contributed by atoms with Crippen molar-refractivity contribution in [2.75, 3.05) is 0 Å². The predicted octanol–water partition coefficient (Wildman–Crippen LogP) is 8.32. The Balaban J connectivity index is 2.17. The topological polar surface area (TPSA) is 46.5 Å². The van der Waals surface area contributed by atoms with E-state index < -0.39 is 11.8 Å². The normalized spacial score (nSPS) is 29.0. The smallest absolute Gasteiger partial charge is 0.420 e. The average molecular weight is 509 g/mol. The van der Waals surface area contributed by atoms with E-state index in [4.69, 9.17) is 4.74 Å². The van der Waals surface area contributed by atoms with Crippen molar-refractivity contribution in [2.45, 2.75) is 110 Å². The summed E-state index contributed by atoms with van der Waals surface area (Å²) in [5.74, 6) is -0.222. The van der Waals surface area contributed by atoms with E-state index in [1.165, 1.54) is 24.1 Å². The van der Waals surface area contributed by atoms with E-state index in [2.05, 4.69) is 45.6 Å². The molecular formula is C30H43F3O3. The first-order chi connectivity index (χ1) is 16.7. The molecule has 6 heteroatoms. The molecule has 36 heavy (non-hydrogen) atoms. The number of rotatable bonds is 8. The summed E-state index contributed by atoms with van der Waals surface area (Å²) in [6.45, 7) is 12.8. The Hall–Kier alpha value is -2.08. The minimum atomic E-state index is -4.69. The second kappa shape index (κ2) is 12.4. The van der Waals surface area contributed by atoms with Gasteiger partial charge in [0, 0.05) is 6.92 Å². The minimum absolute atomic E-state index is 0.0653. The van der Waals surface area contributed by atoms with Crippen LogP contribution in [0.5, 0.6) is 0 Å². The van der Waals surface area contributed by atoms with E-state index >= 15 is 0 Å². The molecule has 2 aliphatic carbocycles. The highest BCUT2D eigenvalue weighted by Gasteiger charge is 2.47. The molecule has 4 atom stereocenters. The third-order valence-corrected chi connectivity index (χ3v) is 7.54. The van der Waals surface area contributed by atoms with Gasteiger partial charge in [-0.3, -0.25) is 4.79 Å². The van der Waals surface area contributed by atoms with Crippen molar-refractivity contribution >= 4 is 5.97 Å². The summed E-state index contributed by atoms with van der Waals surface area (Å²) in [4.78, 5) is 11.4. The molecular weight excluding hydrogens is 465 g/mol. The van der Waals surface area contributed by atoms with E-state index in [1.807, 2.05) is 0 Å². The van der Waals surface area contributed by atoms with Gasteiger partial charge in [0.2, 0.25) is 0 Å². The lowest BCUT2D eigenvalue weighted by molar-refractivity contribution is -0.232. The number of halogens is 3. The molecule has 2 aliphatic rings. The highest BCUT2D eigenvalue weighted by atomic mass is 19.4. The monoisotopic (exact) mass is 508 g/mol. The van der Waals surface area contributed by atoms with Crippen molar-refractivity contribution in [1.29, 1.82) is 0 Å². The van der Waals surface area contributed by atoms with Crippen LogP contribution in [0.2, 0.25) is 0 Å². The summed E-state index contributed by atoms with van der Waals surface area (Å²) < 4.78 is 44.4. The summed E-state index contributed by atoms with van der Waals surface area (Å²) >= 11 is 0. The first-order valence-electron chi connectivity index (χ1n) is 13.1. The van der Waals surface area contributed by atoms with Gasteiger partial charge in [-0.25, -0.2) is 0 Å². The van der Waals surface area contributed by atoms with E-state index in [9.17, 15) is 23.1 Å². The molecule has 0 aliphatic heterocycles. The third kappa shape index (κ3) is 7.96. The Morgan fingerprint density at radius 2 is 1.97 bits per heavy atom. The highest BCUT2D eigenvalue weighted by molar-refractivity contribution is 5.66. The first-order valence-corrected chi connectivity index (χ1v) is 13.1. The first kappa shape index (κ1) is 30.1. The molecule has 0 aromatic heterocycles. The van der Waals surface area contributed by atoms with Crippen LogP contribution in [0.1, 0.15) is 92.4 Å². The standard InChI is InChI=1S/C30H43F3O3/c1-7-11-26(21(2)12-9-19-29(6,35)30(31,32)33)28(5)18-10-13-24(20-28)16-17-25-14-8-15-27(22(25)3)36-23(4)34/h9,11,16-17,19,21,27,35H,3,7-8,10,12-15,18,20H2,1-2,4-6H3/b19-9+,24-16+,25-17-,26-11-/t21-,27?,28?,29?/m1/s1. The van der Waals surface area contributed by atoms with Crippen LogP contribution in [0.4, 0.5) is 13.2 Å². The molecule has 0 saturated heterocycles. The number of carbonyl (C=O) groups is 1. The molecule has 0 bridgehead atoms. The Kier molecular flexibility index (Phi) is 10.4. The largest absolute Gasteiger partial charge is 0.458 e. The van der Waals surface area contributed by atoms with Crippen molar-refractivity contribution in [3.63, 3.8) is 0 Å². The summed E-state index contributed by atoms with van der Waals surface area (Å²) in [5.41, 5.74) is 1.75. The van der Waals surface area contributed by atoms with Crippen molar-refractivity contribution in [1.82, 2.24) is 0 Å². The molecule has 0 amide bonds. The van der Waals surface area contributed by atoms with Crippen LogP contribution in [0.15, 0.2) is 59.3 Å². The van der Waals surface area contributed by atoms with Crippen LogP contribution in [-0.4, -0.2) is 29.0 Å². The van der Waals surface area contributed by atoms with Crippen molar-refractivity contribution in [3.8, 4) is 0 Å². The number of carbonyl (C=O) groups excluding carboxylic acids is 1. The fraction of sp³-hybridized carbons (Fsp3) is 0.633. The molecule has 0 spiro atoms. The van der Waals surface area contributed by atoms with Gasteiger partial charge in [0.25, 0.3) is 0 Å². The predicted molar refractivity (Wildman–Crippen MR) is 139 cm³/mol. The van der Waals surface area contributed by atoms with Gasteiger partial charge in [-0.15, -0.1) is 0 Å². The summed E-state index contributed by atoms with van der Waals surface area (Å²) in [6.07, 6.45) is 11.9. The van der Waals surface area contributed by atoms with Crippen LogP contribution in [0, 0.1) is 11.3 Å². The number of alkyl halides is 3. The van der Waals surface area contributed by atoms with Gasteiger partial charge in [-0.2, -0.15) is 13.2 Å². The fourth-order valence-electron chi connectivity index (χ4n) is 5.52. The van der Waals surface area contributed by atoms with Crippen LogP contribution in [0.25, 0.3) is 0 Å². The second-order valence-corrected chi connectivity index (χ2v) is 10.9. The molecule has 0 radical (unpaired) electrons. The molecule has 0 aromatic carbocycles. The zero-order valence-corrected chi connectivity index (χ0v) is 22.5. The fourth-order valence-corrected chi connectivity index (χ4v) is 5.52. The maximum Gasteiger partial charge on any atom is 0.420 e. The van der Waals surface area contributed by atoms with Gasteiger partial charge in [0.1, 0.15) is 6.10 Å². The number of aliphatic hydroxyl groups is 1. The number of ether oxygens (including phenoxy) is 1. The van der Waals surface area contributed by atoms with Crippen LogP contribution in [-0.2, 0) is 9.53 Å². The van der Waals surface area contributed by atoms with Gasteiger partial charge in [-0.05, 0) is 93.3 Å². The Morgan fingerprint density at radius 3 is 2.58 bits per heavy atom. The number of hydrogen-bond donors (Lipinski definition) is 1. The quantitative estimate of drug-likeness (QED) is 0.265. The van der Waals surface area contributed by atoms with Gasteiger partial charge < -0.3 is 9.84 Å². The maximum absolute atomic E-state index is 13.0. The van der Waals surface area contributed by atoms with Crippen molar-refractivity contribution < 1.29 is 27.8 Å². The molecule has 0 aromatic rings. The SMILES string of the molecule is C=C1/C(=C\C=C2/CCCC(C)(/C(=C\CC)[C@H](C)C/C=C/C(C)(O)C(F)(F)F)C2)CCCC1OC(C)=O. The lowest BCUT2D eigenvalue weighted by Crippen LogP contribution is -2.40. The molecule has 1 N–H and O–H groups in total. The number of allylic oxidation sites excluding steroid dienone is 6. The summed E-state index contributed by atoms with van der Waals surface area (Å²) in [6, 6.07) is 0. The maximum atomic E-state index is 13.0. The molecule has 2 fully saturated rings. The molecule has 2 saturated carbocycles. The minimum Gasteiger partial charge on any atom is -0.458 e. The van der Waals surface area contributed by atoms with Crippen molar-refractivity contribution in [3.05, 3.63) is 59.3 Å². The average Bonchev–Trinajstić information content (AvgIpc) is 2.76. The summed E-state index contributed by atoms with van der Waals surface area (Å²) in [5, 5.41) is 9.71. The highest BCUT2D eigenvalue weighted by Crippen LogP contribution is 2.48. The third-order valence-electron chi connectivity index (χ3n) is 7.54. The molecule has 0 heterocycles. The second-order valence-electron chi connectivity index (χ2n) is 10.9. The lowest BCUT2D eigenvalue weighted by atomic mass is 9.65.